The molecule has 1 saturated heterocycles. The number of para-hydroxylation sites is 1. The number of aromatic nitrogens is 1. The number of hydrogen-bond donors (Lipinski definition) is 18. The van der Waals surface area contributed by atoms with Crippen molar-refractivity contribution >= 4 is 103 Å². The van der Waals surface area contributed by atoms with E-state index in [0.717, 1.165) is 32.5 Å². The number of urea groups is 1. The molecular formula is C72H101N15O15S2. The molecule has 12 amide bonds. The third-order valence-electron chi connectivity index (χ3n) is 17.0. The van der Waals surface area contributed by atoms with Crippen LogP contribution in [0.25, 0.3) is 10.9 Å². The molecule has 1 aliphatic heterocycles. The molecule has 2 heterocycles. The Kier molecular flexibility index (Phi) is 34.6. The molecule has 1 fully saturated rings. The molecule has 4 aromatic carbocycles. The zero-order chi connectivity index (χ0) is 75.8. The van der Waals surface area contributed by atoms with Gasteiger partial charge in [0.25, 0.3) is 0 Å². The van der Waals surface area contributed by atoms with Gasteiger partial charge in [0.05, 0.1) is 30.9 Å². The molecule has 0 aliphatic carbocycles. The van der Waals surface area contributed by atoms with Crippen LogP contribution in [-0.2, 0) is 73.8 Å². The first-order chi connectivity index (χ1) is 49.7. The number of anilines is 1. The molecule has 1 aliphatic rings. The Labute approximate surface area is 612 Å². The number of amides is 12. The number of carbonyl (C=O) groups is 11. The van der Waals surface area contributed by atoms with Gasteiger partial charge in [0.2, 0.25) is 53.2 Å². The predicted molar refractivity (Wildman–Crippen MR) is 397 cm³/mol. The van der Waals surface area contributed by atoms with Gasteiger partial charge in [-0.05, 0) is 98.9 Å². The number of benzene rings is 4. The van der Waals surface area contributed by atoms with Crippen LogP contribution in [-0.4, -0.2) is 195 Å². The Balaban J connectivity index is 1.31. The molecule has 1 aromatic heterocycles. The fourth-order valence-corrected chi connectivity index (χ4v) is 13.7. The average molecular weight is 1480 g/mol. The molecule has 5 aromatic rings. The molecule has 0 bridgehead atoms. The van der Waals surface area contributed by atoms with Crippen molar-refractivity contribution in [1.82, 2.24) is 63.5 Å². The van der Waals surface area contributed by atoms with Crippen LogP contribution in [0.2, 0.25) is 0 Å². The molecule has 30 nitrogen and oxygen atoms in total. The van der Waals surface area contributed by atoms with Gasteiger partial charge in [0.15, 0.2) is 0 Å². The van der Waals surface area contributed by atoms with Crippen LogP contribution in [0.5, 0.6) is 0 Å². The van der Waals surface area contributed by atoms with Gasteiger partial charge < -0.3 is 100 Å². The van der Waals surface area contributed by atoms with E-state index in [-0.39, 0.29) is 81.2 Å². The van der Waals surface area contributed by atoms with Crippen molar-refractivity contribution in [3.8, 4) is 0 Å². The highest BCUT2D eigenvalue weighted by Crippen LogP contribution is 2.26. The van der Waals surface area contributed by atoms with E-state index in [1.165, 1.54) is 13.8 Å². The highest BCUT2D eigenvalue weighted by molar-refractivity contribution is 8.76. The highest BCUT2D eigenvalue weighted by atomic mass is 33.1. The lowest BCUT2D eigenvalue weighted by molar-refractivity contribution is -0.136. The van der Waals surface area contributed by atoms with Crippen LogP contribution in [0.1, 0.15) is 102 Å². The van der Waals surface area contributed by atoms with Gasteiger partial charge in [-0.1, -0.05) is 140 Å². The lowest BCUT2D eigenvalue weighted by Crippen LogP contribution is -2.61. The van der Waals surface area contributed by atoms with E-state index in [9.17, 15) is 58.5 Å². The maximum absolute atomic E-state index is 15.2. The number of ether oxygens (including phenoxy) is 1. The van der Waals surface area contributed by atoms with Gasteiger partial charge >= 0.3 is 12.1 Å². The molecule has 566 valence electrons. The zero-order valence-corrected chi connectivity index (χ0v) is 61.0. The van der Waals surface area contributed by atoms with Crippen molar-refractivity contribution in [3.63, 3.8) is 0 Å². The second-order valence-corrected chi connectivity index (χ2v) is 28.8. The fourth-order valence-electron chi connectivity index (χ4n) is 11.3. The first kappa shape index (κ1) is 83.6. The first-order valence-corrected chi connectivity index (χ1v) is 37.3. The van der Waals surface area contributed by atoms with Crippen molar-refractivity contribution in [2.45, 2.75) is 185 Å². The van der Waals surface area contributed by atoms with Gasteiger partial charge in [0.1, 0.15) is 48.9 Å². The summed E-state index contributed by atoms with van der Waals surface area (Å²) >= 11 is 0. The van der Waals surface area contributed by atoms with E-state index in [4.69, 9.17) is 16.2 Å². The summed E-state index contributed by atoms with van der Waals surface area (Å²) in [7, 11) is 2.06. The van der Waals surface area contributed by atoms with Crippen LogP contribution < -0.4 is 75.3 Å². The summed E-state index contributed by atoms with van der Waals surface area (Å²) in [5.41, 5.74) is 14.4. The minimum atomic E-state index is -1.67. The first-order valence-electron chi connectivity index (χ1n) is 34.8. The quantitative estimate of drug-likeness (QED) is 0.0214. The fraction of sp³-hybridized carbons (Fsp3) is 0.486. The number of H-pyrrole nitrogens is 1. The van der Waals surface area contributed by atoms with E-state index in [0.29, 0.717) is 47.2 Å². The number of carbonyl (C=O) groups excluding carboxylic acids is 11. The van der Waals surface area contributed by atoms with Crippen molar-refractivity contribution in [3.05, 3.63) is 138 Å². The third-order valence-corrected chi connectivity index (χ3v) is 19.5. The number of nitrogens with two attached hydrogens (primary N) is 2. The number of primary amides is 1. The summed E-state index contributed by atoms with van der Waals surface area (Å²) in [6.45, 7) is 9.62. The van der Waals surface area contributed by atoms with Gasteiger partial charge in [-0.15, -0.1) is 0 Å². The second-order valence-electron chi connectivity index (χ2n) is 26.3. The SMILES string of the molecule is CC(C)N[C@H](C(=O)N[C@@H](CCCNC(N)=O)C(=O)Nc1ccc(COC(=O)N[C@H](Cc2ccccc2)C(=O)N[C@H]2CSSC[C@@H](CC(=O)N[C@H](CO)[C@@H](C)O)NC(=O)C([C@@H](C)O)NC(=O)[C@H](CCCCN)NC(=O)[C@@H](Cc3c[nH]c4ccccc34)NC(=O)[C@H](Cc3ccccc3)NC2=O)cc1)C(C)C. The Bertz CT molecular complexity index is 3630. The number of aromatic amines is 1. The Morgan fingerprint density at radius 2 is 1.26 bits per heavy atom. The molecule has 32 heteroatoms. The summed E-state index contributed by atoms with van der Waals surface area (Å²) in [5.74, 6) is -7.36. The Morgan fingerprint density at radius 1 is 0.635 bits per heavy atom. The maximum atomic E-state index is 15.2. The van der Waals surface area contributed by atoms with Crippen LogP contribution in [0.3, 0.4) is 0 Å². The molecule has 104 heavy (non-hydrogen) atoms. The normalized spacial score (nSPS) is 19.8. The van der Waals surface area contributed by atoms with Crippen molar-refractivity contribution in [1.29, 1.82) is 0 Å². The van der Waals surface area contributed by atoms with Crippen molar-refractivity contribution < 1.29 is 72.8 Å². The number of hydrogen-bond acceptors (Lipinski definition) is 19. The molecule has 0 saturated carbocycles. The Morgan fingerprint density at radius 3 is 1.89 bits per heavy atom. The summed E-state index contributed by atoms with van der Waals surface area (Å²) in [6, 6.07) is 17.4. The van der Waals surface area contributed by atoms with Gasteiger partial charge in [-0.2, -0.15) is 0 Å². The van der Waals surface area contributed by atoms with Crippen LogP contribution in [0, 0.1) is 5.92 Å². The third kappa shape index (κ3) is 28.0. The van der Waals surface area contributed by atoms with Gasteiger partial charge in [-0.25, -0.2) is 9.59 Å². The average Bonchev–Trinajstić information content (AvgIpc) is 1.64. The second kappa shape index (κ2) is 43.1. The predicted octanol–water partition coefficient (Wildman–Crippen LogP) is 1.45. The zero-order valence-electron chi connectivity index (χ0n) is 59.4. The summed E-state index contributed by atoms with van der Waals surface area (Å²) in [5, 5.41) is 65.2. The van der Waals surface area contributed by atoms with Gasteiger partial charge in [-0.3, -0.25) is 43.2 Å². The monoisotopic (exact) mass is 1480 g/mol. The van der Waals surface area contributed by atoms with E-state index in [1.807, 2.05) is 45.9 Å². The van der Waals surface area contributed by atoms with Crippen molar-refractivity contribution in [2.75, 3.05) is 36.5 Å². The minimum Gasteiger partial charge on any atom is -0.445 e. The maximum Gasteiger partial charge on any atom is 0.408 e. The number of unbranched alkanes of at least 4 members (excludes halogenated alkanes) is 1. The van der Waals surface area contributed by atoms with Crippen LogP contribution >= 0.6 is 21.6 Å². The Hall–Kier alpha value is -9.31. The van der Waals surface area contributed by atoms with Gasteiger partial charge in [0, 0.05) is 78.6 Å². The smallest absolute Gasteiger partial charge is 0.408 e. The summed E-state index contributed by atoms with van der Waals surface area (Å²) < 4.78 is 5.66. The molecular weight excluding hydrogens is 1380 g/mol. The molecule has 12 atom stereocenters. The number of aliphatic hydroxyl groups is 3. The largest absolute Gasteiger partial charge is 0.445 e. The molecule has 20 N–H and O–H groups in total. The number of nitrogens with one attached hydrogen (secondary N) is 13. The highest BCUT2D eigenvalue weighted by Gasteiger charge is 2.37. The van der Waals surface area contributed by atoms with E-state index >= 15 is 9.59 Å². The summed E-state index contributed by atoms with van der Waals surface area (Å²) in [6.07, 6.45) is -1.78. The topological polar surface area (TPSA) is 470 Å². The van der Waals surface area contributed by atoms with Crippen LogP contribution in [0.4, 0.5) is 15.3 Å². The minimum absolute atomic E-state index is 0.00437. The molecule has 6 rings (SSSR count). The van der Waals surface area contributed by atoms with Crippen LogP contribution in [0.15, 0.2) is 115 Å². The van der Waals surface area contributed by atoms with Crippen molar-refractivity contribution in [2.24, 2.45) is 17.4 Å². The lowest BCUT2D eigenvalue weighted by Gasteiger charge is -2.29. The lowest BCUT2D eigenvalue weighted by atomic mass is 10.0. The molecule has 0 spiro atoms. The van der Waals surface area contributed by atoms with E-state index in [2.05, 4.69) is 68.8 Å². The number of alkyl carbamates (subject to hydrolysis) is 1. The molecule has 0 radical (unpaired) electrons. The van der Waals surface area contributed by atoms with E-state index in [1.54, 1.807) is 97.2 Å². The number of aliphatic hydroxyl groups excluding tert-OH is 3. The standard InChI is InChI=1S/C72H101N15O15S2/c1-41(2)61(77-42(3)4)69(98)82-54(25-17-31-75-71(74)100)63(92)78-49-28-26-47(27-29-49)38-102-72(101)86-56(33-46-20-11-8-12-21-46)66(95)85-59-40-104-103-39-50(35-60(91)80-58(37-88)43(5)89)79-70(99)62(44(6)90)87-64(93)53(24-15-16-30-73)81-67(96)57(34-48-36-76-52-23-14-13-22-51(48)52)84-65(94)55(83-68(59)97)32-45-18-9-7-10-19-45/h7-14,18-23,26-29,36,41-44,50,53-59,61-62,76-77,88-90H,15-17,24-25,30-35,37-40,73H2,1-6H3,(H,78,92)(H,79,99)(H,80,91)(H,81,96)(H,82,98)(H,83,97)(H,84,94)(H,85,95)(H,86,101)(H,87,93)(H3,74,75,100)/t43-,44-,50-,53+,54+,55+,56-,57-,58-,59+,61+,62?/m1/s1. The van der Waals surface area contributed by atoms with E-state index < -0.39 is 145 Å². The number of rotatable bonds is 32. The number of fused-ring (bicyclic) bond motifs is 1. The molecule has 1 unspecified atom stereocenters. The summed E-state index contributed by atoms with van der Waals surface area (Å²) in [4.78, 5) is 159.